The van der Waals surface area contributed by atoms with E-state index in [1.165, 1.54) is 12.0 Å². The van der Waals surface area contributed by atoms with Crippen molar-refractivity contribution in [1.82, 2.24) is 10.2 Å². The van der Waals surface area contributed by atoms with E-state index >= 15 is 0 Å². The third kappa shape index (κ3) is 6.87. The first-order valence-corrected chi connectivity index (χ1v) is 4.62. The fraction of sp³-hybridized carbons (Fsp3) is 0.778. The fourth-order valence-corrected chi connectivity index (χ4v) is 0.851. The van der Waals surface area contributed by atoms with Crippen LogP contribution in [0.15, 0.2) is 0 Å². The zero-order valence-electron chi connectivity index (χ0n) is 9.41. The Bertz CT molecular complexity index is 208. The van der Waals surface area contributed by atoms with Crippen molar-refractivity contribution in [2.45, 2.75) is 0 Å². The minimum absolute atomic E-state index is 0.0265. The van der Waals surface area contributed by atoms with Gasteiger partial charge in [0.15, 0.2) is 0 Å². The van der Waals surface area contributed by atoms with Gasteiger partial charge in [0.25, 0.3) is 0 Å². The smallest absolute Gasteiger partial charge is 0.325 e. The summed E-state index contributed by atoms with van der Waals surface area (Å²) >= 11 is 0. The third-order valence-corrected chi connectivity index (χ3v) is 1.78. The lowest BCUT2D eigenvalue weighted by Gasteiger charge is -2.15. The van der Waals surface area contributed by atoms with Gasteiger partial charge in [-0.1, -0.05) is 0 Å². The van der Waals surface area contributed by atoms with Crippen molar-refractivity contribution < 1.29 is 19.1 Å². The van der Waals surface area contributed by atoms with Gasteiger partial charge in [-0.3, -0.25) is 9.59 Å². The Kier molecular flexibility index (Phi) is 7.57. The molecule has 0 radical (unpaired) electrons. The monoisotopic (exact) mass is 218 g/mol. The number of rotatable bonds is 7. The second-order valence-electron chi connectivity index (χ2n) is 3.00. The first kappa shape index (κ1) is 13.9. The molecule has 0 aliphatic heterocycles. The number of hydrogen-bond donors (Lipinski definition) is 1. The second-order valence-corrected chi connectivity index (χ2v) is 3.00. The maximum absolute atomic E-state index is 11.4. The zero-order valence-corrected chi connectivity index (χ0v) is 9.41. The first-order valence-electron chi connectivity index (χ1n) is 4.62. The van der Waals surface area contributed by atoms with Crippen LogP contribution in [0.1, 0.15) is 0 Å². The quantitative estimate of drug-likeness (QED) is 0.432. The van der Waals surface area contributed by atoms with Gasteiger partial charge in [-0.2, -0.15) is 0 Å². The molecular weight excluding hydrogens is 200 g/mol. The van der Waals surface area contributed by atoms with E-state index < -0.39 is 5.97 Å². The van der Waals surface area contributed by atoms with Crippen molar-refractivity contribution in [3.05, 3.63) is 0 Å². The van der Waals surface area contributed by atoms with Crippen LogP contribution in [0.4, 0.5) is 0 Å². The lowest BCUT2D eigenvalue weighted by molar-refractivity contribution is -0.145. The number of esters is 1. The van der Waals surface area contributed by atoms with Crippen LogP contribution >= 0.6 is 0 Å². The fourth-order valence-electron chi connectivity index (χ4n) is 0.851. The Balaban J connectivity index is 3.64. The number of carbonyl (C=O) groups excluding carboxylic acids is 2. The van der Waals surface area contributed by atoms with E-state index in [4.69, 9.17) is 4.74 Å². The van der Waals surface area contributed by atoms with Crippen molar-refractivity contribution >= 4 is 11.9 Å². The van der Waals surface area contributed by atoms with Gasteiger partial charge in [-0.25, -0.2) is 0 Å². The SMILES string of the molecule is COCCNCC(=O)N(C)CC(=O)OC. The molecule has 0 unspecified atom stereocenters. The topological polar surface area (TPSA) is 67.9 Å². The molecule has 0 saturated heterocycles. The zero-order chi connectivity index (χ0) is 11.7. The molecule has 88 valence electrons. The highest BCUT2D eigenvalue weighted by molar-refractivity contribution is 5.83. The maximum atomic E-state index is 11.4. The van der Waals surface area contributed by atoms with E-state index in [-0.39, 0.29) is 19.0 Å². The Morgan fingerprint density at radius 2 is 2.00 bits per heavy atom. The molecule has 6 nitrogen and oxygen atoms in total. The van der Waals surface area contributed by atoms with Gasteiger partial charge in [-0.15, -0.1) is 0 Å². The molecular formula is C9H18N2O4. The summed E-state index contributed by atoms with van der Waals surface area (Å²) in [5.41, 5.74) is 0. The number of nitrogens with one attached hydrogen (secondary N) is 1. The molecule has 0 aromatic rings. The minimum atomic E-state index is -0.428. The van der Waals surface area contributed by atoms with Crippen LogP contribution in [0, 0.1) is 0 Å². The van der Waals surface area contributed by atoms with E-state index in [1.54, 1.807) is 14.2 Å². The van der Waals surface area contributed by atoms with Crippen LogP contribution < -0.4 is 5.32 Å². The lowest BCUT2D eigenvalue weighted by atomic mass is 10.4. The molecule has 0 aromatic heterocycles. The average molecular weight is 218 g/mol. The summed E-state index contributed by atoms with van der Waals surface area (Å²) in [6, 6.07) is 0. The van der Waals surface area contributed by atoms with Crippen LogP contribution in [-0.2, 0) is 19.1 Å². The molecule has 0 heterocycles. The van der Waals surface area contributed by atoms with E-state index in [9.17, 15) is 9.59 Å². The van der Waals surface area contributed by atoms with Gasteiger partial charge in [-0.05, 0) is 0 Å². The van der Waals surface area contributed by atoms with Crippen LogP contribution in [-0.4, -0.2) is 64.3 Å². The Hall–Kier alpha value is -1.14. The highest BCUT2D eigenvalue weighted by Gasteiger charge is 2.11. The standard InChI is InChI=1S/C9H18N2O4/c1-11(7-9(13)15-3)8(12)6-10-4-5-14-2/h10H,4-7H2,1-3H3. The lowest BCUT2D eigenvalue weighted by Crippen LogP contribution is -2.39. The first-order chi connectivity index (χ1) is 7.11. The molecule has 0 spiro atoms. The summed E-state index contributed by atoms with van der Waals surface area (Å²) in [5.74, 6) is -0.584. The number of amides is 1. The Labute approximate surface area is 89.5 Å². The highest BCUT2D eigenvalue weighted by atomic mass is 16.5. The summed E-state index contributed by atoms with van der Waals surface area (Å²) in [4.78, 5) is 23.5. The molecule has 0 fully saturated rings. The summed E-state index contributed by atoms with van der Waals surface area (Å²) in [7, 11) is 4.43. The molecule has 1 amide bonds. The highest BCUT2D eigenvalue weighted by Crippen LogP contribution is 1.85. The number of ether oxygens (including phenoxy) is 2. The largest absolute Gasteiger partial charge is 0.468 e. The van der Waals surface area contributed by atoms with Crippen LogP contribution in [0.5, 0.6) is 0 Å². The average Bonchev–Trinajstić information content (AvgIpc) is 2.23. The molecule has 0 saturated carbocycles. The van der Waals surface area contributed by atoms with Gasteiger partial charge >= 0.3 is 5.97 Å². The summed E-state index contributed by atoms with van der Waals surface area (Å²) in [5, 5.41) is 2.89. The van der Waals surface area contributed by atoms with Gasteiger partial charge in [0.05, 0.1) is 20.3 Å². The van der Waals surface area contributed by atoms with E-state index in [0.29, 0.717) is 13.2 Å². The number of methoxy groups -OCH3 is 2. The van der Waals surface area contributed by atoms with Crippen molar-refractivity contribution in [2.75, 3.05) is 47.5 Å². The number of carbonyl (C=O) groups is 2. The van der Waals surface area contributed by atoms with Crippen molar-refractivity contribution in [1.29, 1.82) is 0 Å². The molecule has 0 aliphatic carbocycles. The molecule has 0 rings (SSSR count). The molecule has 0 bridgehead atoms. The third-order valence-electron chi connectivity index (χ3n) is 1.78. The van der Waals surface area contributed by atoms with Crippen LogP contribution in [0.3, 0.4) is 0 Å². The normalized spacial score (nSPS) is 9.80. The second kappa shape index (κ2) is 8.19. The number of likely N-dealkylation sites (N-methyl/N-ethyl adjacent to an activating group) is 1. The Morgan fingerprint density at radius 1 is 1.33 bits per heavy atom. The number of hydrogen-bond acceptors (Lipinski definition) is 5. The summed E-state index contributed by atoms with van der Waals surface area (Å²) in [6.07, 6.45) is 0. The van der Waals surface area contributed by atoms with E-state index in [0.717, 1.165) is 0 Å². The van der Waals surface area contributed by atoms with Gasteiger partial charge in [0.1, 0.15) is 6.54 Å². The number of nitrogens with zero attached hydrogens (tertiary/aromatic N) is 1. The van der Waals surface area contributed by atoms with Crippen molar-refractivity contribution in [3.8, 4) is 0 Å². The molecule has 1 N–H and O–H groups in total. The van der Waals surface area contributed by atoms with Crippen molar-refractivity contribution in [3.63, 3.8) is 0 Å². The minimum Gasteiger partial charge on any atom is -0.468 e. The Morgan fingerprint density at radius 3 is 2.53 bits per heavy atom. The molecule has 0 atom stereocenters. The molecule has 15 heavy (non-hydrogen) atoms. The maximum Gasteiger partial charge on any atom is 0.325 e. The van der Waals surface area contributed by atoms with E-state index in [2.05, 4.69) is 10.1 Å². The van der Waals surface area contributed by atoms with Crippen molar-refractivity contribution in [2.24, 2.45) is 0 Å². The molecule has 6 heteroatoms. The van der Waals surface area contributed by atoms with Gasteiger partial charge in [0.2, 0.25) is 5.91 Å². The van der Waals surface area contributed by atoms with Gasteiger partial charge in [0, 0.05) is 20.7 Å². The predicted octanol–water partition coefficient (Wildman–Crippen LogP) is -1.15. The van der Waals surface area contributed by atoms with Gasteiger partial charge < -0.3 is 19.7 Å². The predicted molar refractivity (Wildman–Crippen MR) is 54.4 cm³/mol. The summed E-state index contributed by atoms with van der Waals surface area (Å²) in [6.45, 7) is 1.32. The summed E-state index contributed by atoms with van der Waals surface area (Å²) < 4.78 is 9.25. The molecule has 0 aromatic carbocycles. The van der Waals surface area contributed by atoms with Crippen LogP contribution in [0.25, 0.3) is 0 Å². The molecule has 0 aliphatic rings. The van der Waals surface area contributed by atoms with E-state index in [1.807, 2.05) is 0 Å². The van der Waals surface area contributed by atoms with Crippen LogP contribution in [0.2, 0.25) is 0 Å².